The van der Waals surface area contributed by atoms with Crippen LogP contribution >= 0.6 is 0 Å². The molecule has 106 valence electrons. The summed E-state index contributed by atoms with van der Waals surface area (Å²) in [6, 6.07) is 14.6. The van der Waals surface area contributed by atoms with Crippen molar-refractivity contribution in [1.82, 2.24) is 0 Å². The van der Waals surface area contributed by atoms with Gasteiger partial charge in [-0.3, -0.25) is 4.79 Å². The van der Waals surface area contributed by atoms with Crippen LogP contribution in [0.3, 0.4) is 0 Å². The summed E-state index contributed by atoms with van der Waals surface area (Å²) in [6.45, 7) is 5.87. The molecule has 0 saturated carbocycles. The van der Waals surface area contributed by atoms with E-state index in [0.717, 1.165) is 23.1 Å². The van der Waals surface area contributed by atoms with Crippen molar-refractivity contribution in [3.63, 3.8) is 0 Å². The summed E-state index contributed by atoms with van der Waals surface area (Å²) in [7, 11) is 1.99. The Kier molecular flexibility index (Phi) is 4.72. The first-order chi connectivity index (χ1) is 10.1. The number of nitrogens with zero attached hydrogens (tertiary/aromatic N) is 1. The molecule has 2 aromatic carbocycles. The summed E-state index contributed by atoms with van der Waals surface area (Å²) >= 11 is 0. The van der Waals surface area contributed by atoms with Gasteiger partial charge in [-0.1, -0.05) is 43.0 Å². The molecule has 0 aliphatic heterocycles. The van der Waals surface area contributed by atoms with E-state index in [9.17, 15) is 4.79 Å². The first-order valence-electron chi connectivity index (χ1n) is 6.83. The van der Waals surface area contributed by atoms with Crippen LogP contribution in [0.25, 0.3) is 10.8 Å². The molecule has 0 atom stereocenters. The highest BCUT2D eigenvalue weighted by molar-refractivity contribution is 5.86. The highest BCUT2D eigenvalue weighted by atomic mass is 16.1. The number of aldehydes is 1. The van der Waals surface area contributed by atoms with Crippen LogP contribution in [-0.2, 0) is 4.79 Å². The summed E-state index contributed by atoms with van der Waals surface area (Å²) in [5.41, 5.74) is 2.94. The first-order valence-corrected chi connectivity index (χ1v) is 6.83. The quantitative estimate of drug-likeness (QED) is 0.456. The Morgan fingerprint density at radius 3 is 2.52 bits per heavy atom. The molecular weight excluding hydrogens is 258 g/mol. The van der Waals surface area contributed by atoms with Crippen LogP contribution in [0.5, 0.6) is 0 Å². The monoisotopic (exact) mass is 277 g/mol. The van der Waals surface area contributed by atoms with Gasteiger partial charge in [0.1, 0.15) is 6.29 Å². The molecule has 0 bridgehead atoms. The van der Waals surface area contributed by atoms with Crippen LogP contribution in [0.2, 0.25) is 0 Å². The van der Waals surface area contributed by atoms with E-state index in [1.165, 1.54) is 16.8 Å². The molecule has 0 heterocycles. The largest absolute Gasteiger partial charge is 0.350 e. The molecule has 0 saturated heterocycles. The van der Waals surface area contributed by atoms with Gasteiger partial charge in [-0.2, -0.15) is 0 Å². The minimum atomic E-state index is 0.771. The smallest absolute Gasteiger partial charge is 0.142 e. The van der Waals surface area contributed by atoms with Gasteiger partial charge in [0.05, 0.1) is 0 Å². The van der Waals surface area contributed by atoms with Gasteiger partial charge < -0.3 is 4.90 Å². The third-order valence-electron chi connectivity index (χ3n) is 3.32. The second-order valence-corrected chi connectivity index (χ2v) is 5.00. The standard InChI is InChI=1S/C19H19NO/c1-15(2)18(9-6-12-21)14-20(3)19-11-10-16-7-4-5-8-17(16)13-19/h4-14H,1H2,2-3H3/b9-6-,18-14+. The SMILES string of the molecule is C=C(C)C(/C=C\C=O)=C/N(C)c1ccc2ccccc2c1. The van der Waals surface area contributed by atoms with E-state index in [1.54, 1.807) is 6.08 Å². The zero-order valence-corrected chi connectivity index (χ0v) is 12.4. The van der Waals surface area contributed by atoms with E-state index in [1.807, 2.05) is 37.2 Å². The molecule has 0 aliphatic rings. The van der Waals surface area contributed by atoms with Crippen molar-refractivity contribution in [2.75, 3.05) is 11.9 Å². The first kappa shape index (κ1) is 14.8. The number of carbonyl (C=O) groups excluding carboxylic acids is 1. The Balaban J connectivity index is 2.35. The lowest BCUT2D eigenvalue weighted by Crippen LogP contribution is -2.09. The summed E-state index contributed by atoms with van der Waals surface area (Å²) < 4.78 is 0. The summed E-state index contributed by atoms with van der Waals surface area (Å²) in [5, 5.41) is 2.43. The van der Waals surface area contributed by atoms with E-state index in [0.29, 0.717) is 0 Å². The van der Waals surface area contributed by atoms with Gasteiger partial charge in [-0.15, -0.1) is 0 Å². The van der Waals surface area contributed by atoms with Crippen LogP contribution in [0.4, 0.5) is 5.69 Å². The number of benzene rings is 2. The molecule has 0 N–H and O–H groups in total. The molecule has 0 aliphatic carbocycles. The van der Waals surface area contributed by atoms with E-state index < -0.39 is 0 Å². The van der Waals surface area contributed by atoms with Gasteiger partial charge in [0.25, 0.3) is 0 Å². The second kappa shape index (κ2) is 6.71. The summed E-state index contributed by atoms with van der Waals surface area (Å²) in [5.74, 6) is 0. The lowest BCUT2D eigenvalue weighted by atomic mass is 10.1. The molecule has 0 radical (unpaired) electrons. The van der Waals surface area contributed by atoms with Gasteiger partial charge in [-0.25, -0.2) is 0 Å². The van der Waals surface area contributed by atoms with Gasteiger partial charge >= 0.3 is 0 Å². The molecule has 21 heavy (non-hydrogen) atoms. The number of hydrogen-bond acceptors (Lipinski definition) is 2. The Morgan fingerprint density at radius 1 is 1.14 bits per heavy atom. The average molecular weight is 277 g/mol. The van der Waals surface area contributed by atoms with Crippen molar-refractivity contribution in [2.45, 2.75) is 6.92 Å². The number of carbonyl (C=O) groups is 1. The zero-order valence-electron chi connectivity index (χ0n) is 12.4. The van der Waals surface area contributed by atoms with Crippen LogP contribution < -0.4 is 4.90 Å². The van der Waals surface area contributed by atoms with Crippen LogP contribution in [0, 0.1) is 0 Å². The minimum Gasteiger partial charge on any atom is -0.350 e. The van der Waals surface area contributed by atoms with Crippen LogP contribution in [0.1, 0.15) is 6.92 Å². The number of fused-ring (bicyclic) bond motifs is 1. The van der Waals surface area contributed by atoms with E-state index in [4.69, 9.17) is 0 Å². The van der Waals surface area contributed by atoms with Crippen molar-refractivity contribution in [3.8, 4) is 0 Å². The van der Waals surface area contributed by atoms with Crippen molar-refractivity contribution in [3.05, 3.63) is 78.5 Å². The predicted octanol–water partition coefficient (Wildman–Crippen LogP) is 4.49. The number of anilines is 1. The van der Waals surface area contributed by atoms with Crippen molar-refractivity contribution in [1.29, 1.82) is 0 Å². The molecule has 0 unspecified atom stereocenters. The summed E-state index contributed by atoms with van der Waals surface area (Å²) in [6.07, 6.45) is 6.00. The second-order valence-electron chi connectivity index (χ2n) is 5.00. The molecule has 0 amide bonds. The Morgan fingerprint density at radius 2 is 1.86 bits per heavy atom. The maximum Gasteiger partial charge on any atom is 0.142 e. The fraction of sp³-hybridized carbons (Fsp3) is 0.105. The molecule has 2 nitrogen and oxygen atoms in total. The van der Waals surface area contributed by atoms with Crippen molar-refractivity contribution >= 4 is 22.7 Å². The zero-order chi connectivity index (χ0) is 15.2. The predicted molar refractivity (Wildman–Crippen MR) is 90.5 cm³/mol. The molecule has 0 spiro atoms. The molecule has 0 aromatic heterocycles. The Hall–Kier alpha value is -2.61. The molecule has 2 rings (SSSR count). The fourth-order valence-electron chi connectivity index (χ4n) is 2.12. The minimum absolute atomic E-state index is 0.771. The maximum absolute atomic E-state index is 10.5. The maximum atomic E-state index is 10.5. The van der Waals surface area contributed by atoms with E-state index in [2.05, 4.69) is 36.9 Å². The molecule has 0 fully saturated rings. The van der Waals surface area contributed by atoms with Crippen molar-refractivity contribution in [2.24, 2.45) is 0 Å². The van der Waals surface area contributed by atoms with Crippen LogP contribution in [0.15, 0.2) is 78.5 Å². The number of hydrogen-bond donors (Lipinski definition) is 0. The number of rotatable bonds is 5. The highest BCUT2D eigenvalue weighted by Crippen LogP contribution is 2.22. The Bertz CT molecular complexity index is 725. The average Bonchev–Trinajstić information content (AvgIpc) is 2.50. The summed E-state index contributed by atoms with van der Waals surface area (Å²) in [4.78, 5) is 12.5. The van der Waals surface area contributed by atoms with Gasteiger partial charge in [0, 0.05) is 18.9 Å². The van der Waals surface area contributed by atoms with E-state index >= 15 is 0 Å². The topological polar surface area (TPSA) is 20.3 Å². The lowest BCUT2D eigenvalue weighted by molar-refractivity contribution is -0.104. The van der Waals surface area contributed by atoms with Gasteiger partial charge in [-0.05, 0) is 47.1 Å². The number of allylic oxidation sites excluding steroid dienone is 4. The molecular formula is C19H19NO. The highest BCUT2D eigenvalue weighted by Gasteiger charge is 2.02. The fourth-order valence-corrected chi connectivity index (χ4v) is 2.12. The third kappa shape index (κ3) is 3.69. The third-order valence-corrected chi connectivity index (χ3v) is 3.32. The van der Waals surface area contributed by atoms with Gasteiger partial charge in [0.2, 0.25) is 0 Å². The molecule has 2 heteroatoms. The Labute approximate surface area is 125 Å². The van der Waals surface area contributed by atoms with Crippen LogP contribution in [-0.4, -0.2) is 13.3 Å². The normalized spacial score (nSPS) is 11.8. The van der Waals surface area contributed by atoms with Crippen molar-refractivity contribution < 1.29 is 4.79 Å². The lowest BCUT2D eigenvalue weighted by Gasteiger charge is -2.17. The van der Waals surface area contributed by atoms with E-state index in [-0.39, 0.29) is 0 Å². The van der Waals surface area contributed by atoms with Gasteiger partial charge in [0.15, 0.2) is 0 Å². The molecule has 2 aromatic rings.